The number of hydrogen-bond acceptors (Lipinski definition) is 3. The van der Waals surface area contributed by atoms with Gasteiger partial charge >= 0.3 is 0 Å². The quantitative estimate of drug-likeness (QED) is 0.526. The van der Waals surface area contributed by atoms with Gasteiger partial charge in [0.15, 0.2) is 0 Å². The van der Waals surface area contributed by atoms with E-state index in [9.17, 15) is 4.79 Å². The van der Waals surface area contributed by atoms with Crippen molar-refractivity contribution in [1.82, 2.24) is 5.32 Å². The number of carbonyl (C=O) groups excluding carboxylic acids is 1. The van der Waals surface area contributed by atoms with Crippen LogP contribution in [0.25, 0.3) is 0 Å². The van der Waals surface area contributed by atoms with Gasteiger partial charge in [-0.2, -0.15) is 5.26 Å². The molecule has 1 amide bonds. The Balaban J connectivity index is 2.08. The van der Waals surface area contributed by atoms with Crippen LogP contribution in [-0.4, -0.2) is 11.7 Å². The minimum atomic E-state index is -0.176. The Kier molecular flexibility index (Phi) is 6.10. The van der Waals surface area contributed by atoms with Crippen molar-refractivity contribution in [3.63, 3.8) is 0 Å². The zero-order chi connectivity index (χ0) is 17.5. The van der Waals surface area contributed by atoms with Gasteiger partial charge < -0.3 is 11.1 Å². The second kappa shape index (κ2) is 8.27. The summed E-state index contributed by atoms with van der Waals surface area (Å²) in [5.74, 6) is -0.0793. The molecule has 2 aromatic carbocycles. The third-order valence-corrected chi connectivity index (χ3v) is 4.00. The van der Waals surface area contributed by atoms with Crippen molar-refractivity contribution in [2.45, 2.75) is 19.4 Å². The van der Waals surface area contributed by atoms with Gasteiger partial charge in [-0.15, -0.1) is 0 Å². The highest BCUT2D eigenvalue weighted by Gasteiger charge is 2.12. The Labute approximate surface area is 149 Å². The van der Waals surface area contributed by atoms with Crippen LogP contribution in [0.4, 0.5) is 0 Å². The molecule has 0 aromatic heterocycles. The van der Waals surface area contributed by atoms with E-state index >= 15 is 0 Å². The van der Waals surface area contributed by atoms with E-state index in [1.54, 1.807) is 18.2 Å². The highest BCUT2D eigenvalue weighted by Crippen LogP contribution is 2.18. The van der Waals surface area contributed by atoms with E-state index in [1.165, 1.54) is 0 Å². The number of nitriles is 1. The molecule has 0 saturated carbocycles. The normalized spacial score (nSPS) is 10.0. The fourth-order valence-corrected chi connectivity index (χ4v) is 2.64. The van der Waals surface area contributed by atoms with Crippen LogP contribution in [-0.2, 0) is 13.0 Å². The molecule has 5 nitrogen and oxygen atoms in total. The van der Waals surface area contributed by atoms with Crippen molar-refractivity contribution in [3.8, 4) is 6.07 Å². The maximum Gasteiger partial charge on any atom is 0.251 e. The molecule has 122 valence electrons. The second-order valence-corrected chi connectivity index (χ2v) is 6.23. The third kappa shape index (κ3) is 4.93. The van der Waals surface area contributed by atoms with E-state index in [-0.39, 0.29) is 11.7 Å². The second-order valence-electron chi connectivity index (χ2n) is 5.32. The Bertz CT molecular complexity index is 794. The fraction of sp³-hybridized carbons (Fsp3) is 0.167. The third-order valence-electron chi connectivity index (χ3n) is 3.51. The lowest BCUT2D eigenvalue weighted by Crippen LogP contribution is -2.24. The predicted octanol–water partition coefficient (Wildman–Crippen LogP) is 3.12. The van der Waals surface area contributed by atoms with E-state index in [4.69, 9.17) is 16.4 Å². The van der Waals surface area contributed by atoms with E-state index in [0.717, 1.165) is 15.6 Å². The Morgan fingerprint density at radius 3 is 2.58 bits per heavy atom. The molecule has 4 N–H and O–H groups in total. The first-order valence-corrected chi connectivity index (χ1v) is 8.17. The zero-order valence-corrected chi connectivity index (χ0v) is 14.6. The first-order valence-electron chi connectivity index (χ1n) is 7.38. The van der Waals surface area contributed by atoms with E-state index < -0.39 is 0 Å². The molecule has 0 aliphatic carbocycles. The van der Waals surface area contributed by atoms with Crippen molar-refractivity contribution in [3.05, 3.63) is 69.2 Å². The summed E-state index contributed by atoms with van der Waals surface area (Å²) in [5, 5.41) is 19.0. The number of carbonyl (C=O) groups is 1. The van der Waals surface area contributed by atoms with Gasteiger partial charge in [-0.05, 0) is 47.9 Å². The molecule has 0 heterocycles. The van der Waals surface area contributed by atoms with Crippen LogP contribution in [0.15, 0.2) is 46.9 Å². The molecule has 6 heteroatoms. The van der Waals surface area contributed by atoms with Crippen molar-refractivity contribution < 1.29 is 4.79 Å². The number of halogens is 1. The molecule has 0 fully saturated rings. The van der Waals surface area contributed by atoms with Gasteiger partial charge in [-0.25, -0.2) is 0 Å². The van der Waals surface area contributed by atoms with Gasteiger partial charge in [0.05, 0.1) is 17.5 Å². The molecular weight excluding hydrogens is 368 g/mol. The minimum Gasteiger partial charge on any atom is -0.388 e. The average molecular weight is 385 g/mol. The first-order chi connectivity index (χ1) is 11.5. The van der Waals surface area contributed by atoms with Crippen LogP contribution in [0.3, 0.4) is 0 Å². The molecule has 0 radical (unpaired) electrons. The lowest BCUT2D eigenvalue weighted by atomic mass is 10.0. The van der Waals surface area contributed by atoms with Gasteiger partial charge in [0.25, 0.3) is 5.91 Å². The summed E-state index contributed by atoms with van der Waals surface area (Å²) < 4.78 is 0.879. The summed E-state index contributed by atoms with van der Waals surface area (Å²) in [4.78, 5) is 12.5. The molecule has 0 aliphatic rings. The topological polar surface area (TPSA) is 103 Å². The van der Waals surface area contributed by atoms with Crippen molar-refractivity contribution in [1.29, 1.82) is 10.7 Å². The Hall–Kier alpha value is -2.65. The van der Waals surface area contributed by atoms with Crippen molar-refractivity contribution in [2.75, 3.05) is 0 Å². The van der Waals surface area contributed by atoms with Gasteiger partial charge in [0, 0.05) is 23.0 Å². The summed E-state index contributed by atoms with van der Waals surface area (Å²) in [6.45, 7) is 0.382. The molecule has 0 saturated heterocycles. The molecule has 0 atom stereocenters. The lowest BCUT2D eigenvalue weighted by Gasteiger charge is -2.11. The van der Waals surface area contributed by atoms with Gasteiger partial charge in [0.1, 0.15) is 0 Å². The minimum absolute atomic E-state index is 0.0962. The van der Waals surface area contributed by atoms with Crippen LogP contribution in [0.1, 0.15) is 33.5 Å². The number of amidine groups is 1. The number of nitrogens with two attached hydrogens (primary N) is 1. The molecule has 0 unspecified atom stereocenters. The Morgan fingerprint density at radius 1 is 1.25 bits per heavy atom. The van der Waals surface area contributed by atoms with Crippen LogP contribution in [0.2, 0.25) is 0 Å². The molecule has 2 rings (SSSR count). The van der Waals surface area contributed by atoms with Gasteiger partial charge in [-0.1, -0.05) is 28.1 Å². The highest BCUT2D eigenvalue weighted by atomic mass is 79.9. The van der Waals surface area contributed by atoms with Crippen LogP contribution in [0, 0.1) is 16.7 Å². The number of amides is 1. The number of nitrogens with zero attached hydrogens (tertiary/aromatic N) is 1. The van der Waals surface area contributed by atoms with E-state index in [1.807, 2.05) is 24.3 Å². The number of aryl methyl sites for hydroxylation is 1. The standard InChI is InChI=1S/C18H17BrN4O/c19-15-6-7-16(14(9-15)5-8-17(21)22)18(24)23-11-13-3-1-12(10-20)2-4-13/h1-4,6-7,9H,5,8,11H2,(H3,21,22)(H,23,24). The largest absolute Gasteiger partial charge is 0.388 e. The summed E-state index contributed by atoms with van der Waals surface area (Å²) in [6, 6.07) is 14.6. The van der Waals surface area contributed by atoms with Crippen LogP contribution >= 0.6 is 15.9 Å². The average Bonchev–Trinajstić information content (AvgIpc) is 2.58. The van der Waals surface area contributed by atoms with E-state index in [0.29, 0.717) is 30.5 Å². The SMILES string of the molecule is N#Cc1ccc(CNC(=O)c2ccc(Br)cc2CCC(=N)N)cc1. The van der Waals surface area contributed by atoms with Gasteiger partial charge in [-0.3, -0.25) is 10.2 Å². The lowest BCUT2D eigenvalue weighted by molar-refractivity contribution is 0.0950. The molecule has 0 bridgehead atoms. The highest BCUT2D eigenvalue weighted by molar-refractivity contribution is 9.10. The fourth-order valence-electron chi connectivity index (χ4n) is 2.23. The molecule has 0 spiro atoms. The summed E-state index contributed by atoms with van der Waals surface area (Å²) in [6.07, 6.45) is 0.945. The molecule has 2 aromatic rings. The molecule has 24 heavy (non-hydrogen) atoms. The number of nitrogens with one attached hydrogen (secondary N) is 2. The maximum atomic E-state index is 12.5. The smallest absolute Gasteiger partial charge is 0.251 e. The maximum absolute atomic E-state index is 12.5. The number of hydrogen-bond donors (Lipinski definition) is 3. The number of rotatable bonds is 6. The van der Waals surface area contributed by atoms with Crippen LogP contribution < -0.4 is 11.1 Å². The first kappa shape index (κ1) is 17.7. The monoisotopic (exact) mass is 384 g/mol. The Morgan fingerprint density at radius 2 is 1.96 bits per heavy atom. The predicted molar refractivity (Wildman–Crippen MR) is 96.7 cm³/mol. The zero-order valence-electron chi connectivity index (χ0n) is 13.0. The summed E-state index contributed by atoms with van der Waals surface area (Å²) in [5.41, 5.74) is 8.34. The van der Waals surface area contributed by atoms with Crippen molar-refractivity contribution in [2.24, 2.45) is 5.73 Å². The van der Waals surface area contributed by atoms with Gasteiger partial charge in [0.2, 0.25) is 0 Å². The van der Waals surface area contributed by atoms with E-state index in [2.05, 4.69) is 27.3 Å². The molecule has 0 aliphatic heterocycles. The number of benzene rings is 2. The summed E-state index contributed by atoms with van der Waals surface area (Å²) in [7, 11) is 0. The van der Waals surface area contributed by atoms with Crippen LogP contribution in [0.5, 0.6) is 0 Å². The summed E-state index contributed by atoms with van der Waals surface area (Å²) >= 11 is 3.40. The van der Waals surface area contributed by atoms with Crippen molar-refractivity contribution >= 4 is 27.7 Å². The molecular formula is C18H17BrN4O.